The Kier molecular flexibility index (Phi) is 32.3. The molecule has 0 aromatic heterocycles. The second-order valence-electron chi connectivity index (χ2n) is 13.0. The Morgan fingerprint density at radius 2 is 0.682 bits per heavy atom. The lowest BCUT2D eigenvalue weighted by Gasteiger charge is -2.24. The molecule has 0 aromatic carbocycles. The summed E-state index contributed by atoms with van der Waals surface area (Å²) in [6, 6.07) is 0. The minimum atomic E-state index is 0.130. The first kappa shape index (κ1) is 42.8. The van der Waals surface area contributed by atoms with Gasteiger partial charge in [-0.3, -0.25) is 9.59 Å². The number of carbonyl (C=O) groups excluding carboxylic acids is 2. The third-order valence-electron chi connectivity index (χ3n) is 8.66. The average molecular weight is 624 g/mol. The van der Waals surface area contributed by atoms with Gasteiger partial charge in [-0.1, -0.05) is 112 Å². The van der Waals surface area contributed by atoms with E-state index in [0.29, 0.717) is 25.9 Å². The summed E-state index contributed by atoms with van der Waals surface area (Å²) in [7, 11) is 0. The van der Waals surface area contributed by atoms with Gasteiger partial charge in [-0.15, -0.1) is 0 Å². The van der Waals surface area contributed by atoms with Crippen LogP contribution in [0.15, 0.2) is 0 Å². The summed E-state index contributed by atoms with van der Waals surface area (Å²) < 4.78 is 0. The second kappa shape index (κ2) is 33.2. The van der Waals surface area contributed by atoms with Crippen molar-refractivity contribution in [2.75, 3.05) is 72.0 Å². The second-order valence-corrected chi connectivity index (χ2v) is 13.0. The molecule has 2 N–H and O–H groups in total. The van der Waals surface area contributed by atoms with Crippen molar-refractivity contribution in [1.82, 2.24) is 25.3 Å². The van der Waals surface area contributed by atoms with E-state index in [1.165, 1.54) is 103 Å². The van der Waals surface area contributed by atoms with Crippen molar-refractivity contribution in [3.63, 3.8) is 0 Å². The molecule has 0 atom stereocenters. The topological polar surface area (TPSA) is 67.9 Å². The number of unbranched alkanes of at least 4 members (excludes halogenated alkanes) is 12. The number of nitrogens with one attached hydrogen (secondary N) is 2. The summed E-state index contributed by atoms with van der Waals surface area (Å²) in [5, 5.41) is 6.34. The molecule has 44 heavy (non-hydrogen) atoms. The average Bonchev–Trinajstić information content (AvgIpc) is 3.02. The predicted octanol–water partition coefficient (Wildman–Crippen LogP) is 7.64. The van der Waals surface area contributed by atoms with Crippen LogP contribution in [0.1, 0.15) is 157 Å². The Morgan fingerprint density at radius 1 is 0.364 bits per heavy atom. The SMILES string of the molecule is CCCCCCN(CCCCCC)CCNC(=O)CCN(CCC)CCC(=O)NCCN(CCCCCC)CCCCCC. The van der Waals surface area contributed by atoms with E-state index in [-0.39, 0.29) is 11.8 Å². The standard InChI is InChI=1S/C37H77N5O2/c1-6-11-15-19-28-41(29-20-16-12-7-2)34-25-38-36(43)23-32-40(27-10-5)33-24-37(44)39-26-35-42(30-21-17-13-8-3)31-22-18-14-9-4/h6-35H2,1-5H3,(H,38,43)(H,39,44). The first-order valence-electron chi connectivity index (χ1n) is 19.2. The Morgan fingerprint density at radius 3 is 0.977 bits per heavy atom. The van der Waals surface area contributed by atoms with Gasteiger partial charge in [-0.2, -0.15) is 0 Å². The molecule has 0 aliphatic heterocycles. The van der Waals surface area contributed by atoms with E-state index in [1.54, 1.807) is 0 Å². The molecule has 0 saturated carbocycles. The smallest absolute Gasteiger partial charge is 0.221 e. The highest BCUT2D eigenvalue weighted by Gasteiger charge is 2.12. The van der Waals surface area contributed by atoms with Crippen LogP contribution in [0.2, 0.25) is 0 Å². The molecule has 0 saturated heterocycles. The fraction of sp³-hybridized carbons (Fsp3) is 0.946. The number of hydrogen-bond acceptors (Lipinski definition) is 5. The Balaban J connectivity index is 4.40. The van der Waals surface area contributed by atoms with E-state index in [9.17, 15) is 9.59 Å². The van der Waals surface area contributed by atoms with Gasteiger partial charge >= 0.3 is 0 Å². The van der Waals surface area contributed by atoms with Gasteiger partial charge in [0.2, 0.25) is 11.8 Å². The van der Waals surface area contributed by atoms with Gasteiger partial charge in [-0.25, -0.2) is 0 Å². The Labute approximate surface area is 275 Å². The molecule has 0 heterocycles. The molecule has 7 nitrogen and oxygen atoms in total. The molecule has 0 radical (unpaired) electrons. The molecule has 7 heteroatoms. The third kappa shape index (κ3) is 28.3. The highest BCUT2D eigenvalue weighted by molar-refractivity contribution is 5.76. The van der Waals surface area contributed by atoms with E-state index in [1.807, 2.05) is 0 Å². The zero-order chi connectivity index (χ0) is 32.5. The lowest BCUT2D eigenvalue weighted by atomic mass is 10.1. The summed E-state index contributed by atoms with van der Waals surface area (Å²) in [6.45, 7) is 21.5. The first-order chi connectivity index (χ1) is 21.5. The quantitative estimate of drug-likeness (QED) is 0.0722. The number of nitrogens with zero attached hydrogens (tertiary/aromatic N) is 3. The van der Waals surface area contributed by atoms with Crippen LogP contribution in [0.3, 0.4) is 0 Å². The van der Waals surface area contributed by atoms with E-state index in [2.05, 4.69) is 60.0 Å². The normalized spacial score (nSPS) is 11.6. The molecule has 0 aromatic rings. The maximum absolute atomic E-state index is 12.7. The van der Waals surface area contributed by atoms with Crippen molar-refractivity contribution >= 4 is 11.8 Å². The van der Waals surface area contributed by atoms with E-state index >= 15 is 0 Å². The Bertz CT molecular complexity index is 559. The molecule has 0 unspecified atom stereocenters. The fourth-order valence-corrected chi connectivity index (χ4v) is 5.77. The first-order valence-corrected chi connectivity index (χ1v) is 19.2. The third-order valence-corrected chi connectivity index (χ3v) is 8.66. The van der Waals surface area contributed by atoms with Crippen LogP contribution in [0.5, 0.6) is 0 Å². The summed E-state index contributed by atoms with van der Waals surface area (Å²) in [5.74, 6) is 0.260. The van der Waals surface area contributed by atoms with Crippen molar-refractivity contribution in [2.45, 2.75) is 157 Å². The van der Waals surface area contributed by atoms with Gasteiger partial charge in [0.1, 0.15) is 0 Å². The summed E-state index contributed by atoms with van der Waals surface area (Å²) >= 11 is 0. The number of rotatable bonds is 34. The molecule has 0 aliphatic rings. The van der Waals surface area contributed by atoms with Crippen LogP contribution in [0, 0.1) is 0 Å². The van der Waals surface area contributed by atoms with Crippen molar-refractivity contribution in [2.24, 2.45) is 0 Å². The van der Waals surface area contributed by atoms with Crippen LogP contribution in [0.25, 0.3) is 0 Å². The molecule has 0 bridgehead atoms. The van der Waals surface area contributed by atoms with Gasteiger partial charge in [0.05, 0.1) is 0 Å². The maximum Gasteiger partial charge on any atom is 0.221 e. The molecule has 262 valence electrons. The number of hydrogen-bond donors (Lipinski definition) is 2. The van der Waals surface area contributed by atoms with Crippen LogP contribution in [-0.2, 0) is 9.59 Å². The van der Waals surface area contributed by atoms with Crippen LogP contribution in [0.4, 0.5) is 0 Å². The summed E-state index contributed by atoms with van der Waals surface area (Å²) in [4.78, 5) is 32.7. The number of amides is 2. The van der Waals surface area contributed by atoms with E-state index < -0.39 is 0 Å². The molecule has 0 fully saturated rings. The van der Waals surface area contributed by atoms with Gasteiger partial charge in [0.25, 0.3) is 0 Å². The largest absolute Gasteiger partial charge is 0.355 e. The lowest BCUT2D eigenvalue weighted by molar-refractivity contribution is -0.121. The zero-order valence-electron chi connectivity index (χ0n) is 30.4. The maximum atomic E-state index is 12.7. The van der Waals surface area contributed by atoms with Gasteiger partial charge in [0.15, 0.2) is 0 Å². The minimum absolute atomic E-state index is 0.130. The van der Waals surface area contributed by atoms with E-state index in [0.717, 1.165) is 65.3 Å². The minimum Gasteiger partial charge on any atom is -0.355 e. The molecule has 0 rings (SSSR count). The highest BCUT2D eigenvalue weighted by atomic mass is 16.2. The molecular formula is C37H77N5O2. The highest BCUT2D eigenvalue weighted by Crippen LogP contribution is 2.07. The summed E-state index contributed by atoms with van der Waals surface area (Å²) in [5.41, 5.74) is 0. The van der Waals surface area contributed by atoms with Crippen molar-refractivity contribution in [3.05, 3.63) is 0 Å². The van der Waals surface area contributed by atoms with Crippen molar-refractivity contribution < 1.29 is 9.59 Å². The van der Waals surface area contributed by atoms with Gasteiger partial charge in [0, 0.05) is 52.1 Å². The molecule has 0 aliphatic carbocycles. The number of carbonyl (C=O) groups is 2. The summed E-state index contributed by atoms with van der Waals surface area (Å²) in [6.07, 6.45) is 22.6. The zero-order valence-corrected chi connectivity index (χ0v) is 30.4. The monoisotopic (exact) mass is 624 g/mol. The molecule has 2 amide bonds. The molecular weight excluding hydrogens is 546 g/mol. The molecule has 0 spiro atoms. The van der Waals surface area contributed by atoms with Gasteiger partial charge < -0.3 is 25.3 Å². The van der Waals surface area contributed by atoms with Crippen LogP contribution < -0.4 is 10.6 Å². The van der Waals surface area contributed by atoms with E-state index in [4.69, 9.17) is 0 Å². The van der Waals surface area contributed by atoms with Gasteiger partial charge in [-0.05, 0) is 64.8 Å². The van der Waals surface area contributed by atoms with Crippen LogP contribution in [-0.4, -0.2) is 98.5 Å². The Hall–Kier alpha value is -1.18. The fourth-order valence-electron chi connectivity index (χ4n) is 5.77. The lowest BCUT2D eigenvalue weighted by Crippen LogP contribution is -2.39. The predicted molar refractivity (Wildman–Crippen MR) is 191 cm³/mol. The van der Waals surface area contributed by atoms with Crippen molar-refractivity contribution in [1.29, 1.82) is 0 Å². The van der Waals surface area contributed by atoms with Crippen LogP contribution >= 0.6 is 0 Å². The van der Waals surface area contributed by atoms with Crippen molar-refractivity contribution in [3.8, 4) is 0 Å².